The van der Waals surface area contributed by atoms with Crippen molar-refractivity contribution in [3.63, 3.8) is 0 Å². The molecule has 0 aliphatic heterocycles. The summed E-state index contributed by atoms with van der Waals surface area (Å²) in [5, 5.41) is 0.854. The molecule has 0 N–H and O–H groups in total. The Hall–Kier alpha value is -2.30. The summed E-state index contributed by atoms with van der Waals surface area (Å²) in [7, 11) is 1.61. The lowest BCUT2D eigenvalue weighted by molar-refractivity contribution is 0.414. The fourth-order valence-electron chi connectivity index (χ4n) is 2.35. The van der Waals surface area contributed by atoms with Gasteiger partial charge in [0.1, 0.15) is 16.6 Å². The van der Waals surface area contributed by atoms with Gasteiger partial charge >= 0.3 is 0 Å². The van der Waals surface area contributed by atoms with Crippen LogP contribution in [0.15, 0.2) is 59.5 Å². The first-order valence-corrected chi connectivity index (χ1v) is 7.98. The fraction of sp³-hybridized carbons (Fsp3) is 0.111. The molecule has 0 saturated heterocycles. The van der Waals surface area contributed by atoms with Crippen LogP contribution in [-0.2, 0) is 6.54 Å². The second kappa shape index (κ2) is 7.07. The number of methoxy groups -OCH3 is 1. The zero-order valence-corrected chi connectivity index (χ0v) is 14.4. The van der Waals surface area contributed by atoms with E-state index in [-0.39, 0.29) is 10.7 Å². The molecule has 0 radical (unpaired) electrons. The topological polar surface area (TPSA) is 44.1 Å². The van der Waals surface area contributed by atoms with Crippen LogP contribution in [0.2, 0.25) is 10.2 Å². The van der Waals surface area contributed by atoms with Gasteiger partial charge in [0.25, 0.3) is 5.56 Å². The number of benzene rings is 2. The molecule has 0 spiro atoms. The molecule has 2 aromatic carbocycles. The van der Waals surface area contributed by atoms with Crippen molar-refractivity contribution in [2.75, 3.05) is 7.11 Å². The van der Waals surface area contributed by atoms with Crippen LogP contribution in [0.4, 0.5) is 0 Å². The smallest absolute Gasteiger partial charge is 0.277 e. The summed E-state index contributed by atoms with van der Waals surface area (Å²) in [6.07, 6.45) is 1.54. The molecule has 3 rings (SSSR count). The van der Waals surface area contributed by atoms with E-state index in [2.05, 4.69) is 4.98 Å². The molecule has 0 aliphatic rings. The first-order chi connectivity index (χ1) is 11.6. The van der Waals surface area contributed by atoms with Gasteiger partial charge in [-0.05, 0) is 29.8 Å². The van der Waals surface area contributed by atoms with Gasteiger partial charge in [-0.2, -0.15) is 0 Å². The molecule has 122 valence electrons. The maximum Gasteiger partial charge on any atom is 0.277 e. The van der Waals surface area contributed by atoms with Gasteiger partial charge in [-0.25, -0.2) is 4.98 Å². The van der Waals surface area contributed by atoms with Gasteiger partial charge in [0.05, 0.1) is 13.7 Å². The largest absolute Gasteiger partial charge is 0.497 e. The fourth-order valence-corrected chi connectivity index (χ4v) is 2.68. The van der Waals surface area contributed by atoms with Crippen molar-refractivity contribution in [1.29, 1.82) is 0 Å². The Kier molecular flexibility index (Phi) is 4.88. The normalized spacial score (nSPS) is 10.6. The van der Waals surface area contributed by atoms with Crippen LogP contribution in [0.1, 0.15) is 5.56 Å². The van der Waals surface area contributed by atoms with Crippen molar-refractivity contribution >= 4 is 23.2 Å². The highest BCUT2D eigenvalue weighted by Gasteiger charge is 2.11. The number of rotatable bonds is 4. The van der Waals surface area contributed by atoms with Crippen LogP contribution < -0.4 is 10.3 Å². The molecule has 0 fully saturated rings. The van der Waals surface area contributed by atoms with E-state index in [9.17, 15) is 4.79 Å². The van der Waals surface area contributed by atoms with Crippen LogP contribution in [0.3, 0.4) is 0 Å². The molecule has 1 aromatic heterocycles. The van der Waals surface area contributed by atoms with Crippen LogP contribution in [0.5, 0.6) is 5.75 Å². The third-order valence-electron chi connectivity index (χ3n) is 3.57. The lowest BCUT2D eigenvalue weighted by Gasteiger charge is -2.10. The Balaban J connectivity index is 1.99. The Bertz CT molecular complexity index is 904. The average molecular weight is 361 g/mol. The van der Waals surface area contributed by atoms with Crippen LogP contribution in [0.25, 0.3) is 11.3 Å². The van der Waals surface area contributed by atoms with Crippen molar-refractivity contribution in [2.24, 2.45) is 0 Å². The summed E-state index contributed by atoms with van der Waals surface area (Å²) in [5.74, 6) is 0.765. The van der Waals surface area contributed by atoms with Crippen LogP contribution in [-0.4, -0.2) is 16.7 Å². The molecular formula is C18H14Cl2N2O2. The van der Waals surface area contributed by atoms with E-state index in [4.69, 9.17) is 27.9 Å². The van der Waals surface area contributed by atoms with Gasteiger partial charge in [0.2, 0.25) is 0 Å². The zero-order valence-electron chi connectivity index (χ0n) is 12.9. The zero-order chi connectivity index (χ0) is 17.1. The van der Waals surface area contributed by atoms with Crippen molar-refractivity contribution in [2.45, 2.75) is 6.54 Å². The first kappa shape index (κ1) is 16.6. The predicted octanol–water partition coefficient (Wildman–Crippen LogP) is 4.27. The summed E-state index contributed by atoms with van der Waals surface area (Å²) in [4.78, 5) is 16.9. The molecule has 6 heteroatoms. The van der Waals surface area contributed by atoms with Gasteiger partial charge in [-0.1, -0.05) is 47.5 Å². The van der Waals surface area contributed by atoms with E-state index < -0.39 is 0 Å². The van der Waals surface area contributed by atoms with Crippen LogP contribution in [0, 0.1) is 0 Å². The average Bonchev–Trinajstić information content (AvgIpc) is 2.59. The van der Waals surface area contributed by atoms with Gasteiger partial charge in [-0.3, -0.25) is 4.79 Å². The highest BCUT2D eigenvalue weighted by molar-refractivity contribution is 6.30. The third-order valence-corrected chi connectivity index (χ3v) is 4.01. The predicted molar refractivity (Wildman–Crippen MR) is 96.0 cm³/mol. The summed E-state index contributed by atoms with van der Waals surface area (Å²) in [6, 6.07) is 14.4. The number of aromatic nitrogens is 2. The van der Waals surface area contributed by atoms with Crippen molar-refractivity contribution < 1.29 is 4.74 Å². The lowest BCUT2D eigenvalue weighted by Crippen LogP contribution is -2.23. The lowest BCUT2D eigenvalue weighted by atomic mass is 10.1. The molecule has 0 saturated carbocycles. The SMILES string of the molecule is COc1ccc(Cn2cc(Cl)nc(-c3ccc(Cl)cc3)c2=O)cc1. The van der Waals surface area contributed by atoms with Gasteiger partial charge in [0.15, 0.2) is 0 Å². The number of hydrogen-bond donors (Lipinski definition) is 0. The van der Waals surface area contributed by atoms with Crippen molar-refractivity contribution in [3.8, 4) is 17.0 Å². The quantitative estimate of drug-likeness (QED) is 0.697. The molecule has 0 aliphatic carbocycles. The molecule has 3 aromatic rings. The highest BCUT2D eigenvalue weighted by Crippen LogP contribution is 2.19. The second-order valence-corrected chi connectivity index (χ2v) is 6.02. The monoisotopic (exact) mass is 360 g/mol. The maximum absolute atomic E-state index is 12.7. The molecule has 1 heterocycles. The van der Waals surface area contributed by atoms with Crippen LogP contribution >= 0.6 is 23.2 Å². The van der Waals surface area contributed by atoms with E-state index in [0.717, 1.165) is 11.3 Å². The van der Waals surface area contributed by atoms with E-state index in [1.165, 1.54) is 6.20 Å². The number of ether oxygens (including phenoxy) is 1. The van der Waals surface area contributed by atoms with Gasteiger partial charge in [-0.15, -0.1) is 0 Å². The summed E-state index contributed by atoms with van der Waals surface area (Å²) < 4.78 is 6.68. The molecule has 0 unspecified atom stereocenters. The minimum absolute atomic E-state index is 0.211. The molecule has 4 nitrogen and oxygen atoms in total. The molecule has 0 bridgehead atoms. The standard InChI is InChI=1S/C18H14Cl2N2O2/c1-24-15-8-2-12(3-9-15)10-22-11-16(20)21-17(18(22)23)13-4-6-14(19)7-5-13/h2-9,11H,10H2,1H3. The highest BCUT2D eigenvalue weighted by atomic mass is 35.5. The van der Waals surface area contributed by atoms with Gasteiger partial charge < -0.3 is 9.30 Å². The molecule has 0 amide bonds. The molecule has 0 atom stereocenters. The molecular weight excluding hydrogens is 347 g/mol. The summed E-state index contributed by atoms with van der Waals surface area (Å²) >= 11 is 12.0. The second-order valence-electron chi connectivity index (χ2n) is 5.20. The van der Waals surface area contributed by atoms with Crippen molar-refractivity contribution in [1.82, 2.24) is 9.55 Å². The summed E-state index contributed by atoms with van der Waals surface area (Å²) in [5.41, 5.74) is 1.72. The minimum Gasteiger partial charge on any atom is -0.497 e. The van der Waals surface area contributed by atoms with E-state index >= 15 is 0 Å². The molecule has 24 heavy (non-hydrogen) atoms. The maximum atomic E-state index is 12.7. The van der Waals surface area contributed by atoms with Crippen molar-refractivity contribution in [3.05, 3.63) is 80.8 Å². The Morgan fingerprint density at radius 1 is 1.04 bits per heavy atom. The Morgan fingerprint density at radius 3 is 2.33 bits per heavy atom. The minimum atomic E-state index is -0.211. The Labute approximate surface area is 149 Å². The number of halogens is 2. The first-order valence-electron chi connectivity index (χ1n) is 7.22. The Morgan fingerprint density at radius 2 is 1.71 bits per heavy atom. The number of nitrogens with zero attached hydrogens (tertiary/aromatic N) is 2. The number of hydrogen-bond acceptors (Lipinski definition) is 3. The van der Waals surface area contributed by atoms with Gasteiger partial charge in [0, 0.05) is 16.8 Å². The summed E-state index contributed by atoms with van der Waals surface area (Å²) in [6.45, 7) is 0.395. The third kappa shape index (κ3) is 3.61. The van der Waals surface area contributed by atoms with E-state index in [0.29, 0.717) is 22.8 Å². The van der Waals surface area contributed by atoms with E-state index in [1.807, 2.05) is 24.3 Å². The van der Waals surface area contributed by atoms with E-state index in [1.54, 1.807) is 35.9 Å².